The lowest BCUT2D eigenvalue weighted by atomic mass is 10.2. The Balaban J connectivity index is 1.29. The molecule has 1 amide bonds. The van der Waals surface area contributed by atoms with Crippen molar-refractivity contribution in [1.29, 1.82) is 0 Å². The van der Waals surface area contributed by atoms with Crippen LogP contribution >= 0.6 is 11.3 Å². The van der Waals surface area contributed by atoms with E-state index < -0.39 is 0 Å². The third kappa shape index (κ3) is 3.64. The van der Waals surface area contributed by atoms with E-state index in [1.165, 1.54) is 30.5 Å². The molecular weight excluding hydrogens is 426 g/mol. The van der Waals surface area contributed by atoms with Gasteiger partial charge in [-0.2, -0.15) is 0 Å². The fourth-order valence-electron chi connectivity index (χ4n) is 3.96. The Kier molecular flexibility index (Phi) is 4.67. The molecule has 0 radical (unpaired) electrons. The van der Waals surface area contributed by atoms with Crippen molar-refractivity contribution in [3.05, 3.63) is 47.9 Å². The standard InChI is InChI=1S/C21H21N9OS/c31-20(26-18-10-32-21(27-18)19-23-11-25-28-19)14-7-16(17(8-22-14)29-5-1-2-6-29)30-9-15(24-12-30)13-3-4-13/h7-13H,1-6H2,(H,26,31)(H,23,25,28). The van der Waals surface area contributed by atoms with Crippen LogP contribution in [0.1, 0.15) is 47.8 Å². The Morgan fingerprint density at radius 3 is 2.84 bits per heavy atom. The molecule has 32 heavy (non-hydrogen) atoms. The summed E-state index contributed by atoms with van der Waals surface area (Å²) < 4.78 is 2.02. The molecule has 0 aromatic carbocycles. The summed E-state index contributed by atoms with van der Waals surface area (Å²) in [7, 11) is 0. The van der Waals surface area contributed by atoms with E-state index in [-0.39, 0.29) is 5.91 Å². The number of imidazole rings is 1. The Morgan fingerprint density at radius 2 is 2.06 bits per heavy atom. The minimum atomic E-state index is -0.309. The van der Waals surface area contributed by atoms with E-state index in [0.717, 1.165) is 43.0 Å². The molecule has 0 spiro atoms. The second-order valence-electron chi connectivity index (χ2n) is 8.06. The molecule has 2 aliphatic rings. The third-order valence-corrected chi connectivity index (χ3v) is 6.63. The highest BCUT2D eigenvalue weighted by molar-refractivity contribution is 7.13. The summed E-state index contributed by atoms with van der Waals surface area (Å²) in [6.07, 6.45) is 11.9. The SMILES string of the molecule is O=C(Nc1csc(-c2nnc[nH]2)n1)c1cc(-n2cnc(C3CC3)c2)c(N2CCCC2)cn1. The number of hydrogen-bond donors (Lipinski definition) is 2. The normalized spacial score (nSPS) is 15.9. The van der Waals surface area contributed by atoms with Crippen molar-refractivity contribution in [3.8, 4) is 16.5 Å². The minimum absolute atomic E-state index is 0.309. The number of hydrogen-bond acceptors (Lipinski definition) is 8. The second-order valence-corrected chi connectivity index (χ2v) is 8.92. The Bertz CT molecular complexity index is 1250. The molecule has 6 rings (SSSR count). The van der Waals surface area contributed by atoms with Gasteiger partial charge in [-0.15, -0.1) is 21.5 Å². The molecule has 1 aliphatic heterocycles. The number of aromatic nitrogens is 7. The number of carbonyl (C=O) groups is 1. The lowest BCUT2D eigenvalue weighted by Crippen LogP contribution is -2.21. The predicted molar refractivity (Wildman–Crippen MR) is 120 cm³/mol. The average Bonchev–Trinajstić information content (AvgIpc) is 3.36. The fourth-order valence-corrected chi connectivity index (χ4v) is 4.66. The van der Waals surface area contributed by atoms with Gasteiger partial charge in [0.2, 0.25) is 0 Å². The van der Waals surface area contributed by atoms with Crippen LogP contribution in [0.3, 0.4) is 0 Å². The lowest BCUT2D eigenvalue weighted by molar-refractivity contribution is 0.102. The monoisotopic (exact) mass is 447 g/mol. The largest absolute Gasteiger partial charge is 0.369 e. The van der Waals surface area contributed by atoms with Crippen molar-refractivity contribution in [2.45, 2.75) is 31.6 Å². The molecule has 1 aliphatic carbocycles. The van der Waals surface area contributed by atoms with Gasteiger partial charge in [0.1, 0.15) is 17.8 Å². The quantitative estimate of drug-likeness (QED) is 0.466. The highest BCUT2D eigenvalue weighted by Gasteiger charge is 2.27. The summed E-state index contributed by atoms with van der Waals surface area (Å²) in [4.78, 5) is 31.7. The number of nitrogens with zero attached hydrogens (tertiary/aromatic N) is 7. The van der Waals surface area contributed by atoms with Crippen molar-refractivity contribution in [3.63, 3.8) is 0 Å². The van der Waals surface area contributed by atoms with Gasteiger partial charge in [-0.25, -0.2) is 15.0 Å². The molecule has 2 N–H and O–H groups in total. The Labute approximate surface area is 187 Å². The number of carbonyl (C=O) groups excluding carboxylic acids is 1. The van der Waals surface area contributed by atoms with E-state index in [0.29, 0.717) is 28.3 Å². The number of pyridine rings is 1. The molecule has 1 saturated carbocycles. The van der Waals surface area contributed by atoms with Gasteiger partial charge in [0.05, 0.1) is 29.6 Å². The molecule has 0 atom stereocenters. The van der Waals surface area contributed by atoms with Gasteiger partial charge in [0, 0.05) is 30.6 Å². The first-order valence-corrected chi connectivity index (χ1v) is 11.5. The Morgan fingerprint density at radius 1 is 1.19 bits per heavy atom. The fraction of sp³-hybridized carbons (Fsp3) is 0.333. The summed E-state index contributed by atoms with van der Waals surface area (Å²) in [5.74, 6) is 1.28. The van der Waals surface area contributed by atoms with Gasteiger partial charge in [0.25, 0.3) is 5.91 Å². The molecule has 1 saturated heterocycles. The number of H-pyrrole nitrogens is 1. The molecule has 4 aromatic rings. The van der Waals surface area contributed by atoms with Gasteiger partial charge >= 0.3 is 0 Å². The average molecular weight is 448 g/mol. The van der Waals surface area contributed by atoms with Crippen LogP contribution < -0.4 is 10.2 Å². The molecule has 4 aromatic heterocycles. The zero-order chi connectivity index (χ0) is 21.5. The van der Waals surface area contributed by atoms with Crippen molar-refractivity contribution < 1.29 is 4.79 Å². The van der Waals surface area contributed by atoms with Crippen molar-refractivity contribution in [1.82, 2.24) is 34.7 Å². The van der Waals surface area contributed by atoms with Crippen LogP contribution in [0.2, 0.25) is 0 Å². The van der Waals surface area contributed by atoms with Gasteiger partial charge in [-0.1, -0.05) is 0 Å². The number of anilines is 2. The van der Waals surface area contributed by atoms with Crippen LogP contribution in [0.4, 0.5) is 11.5 Å². The lowest BCUT2D eigenvalue weighted by Gasteiger charge is -2.21. The van der Waals surface area contributed by atoms with Crippen LogP contribution in [-0.2, 0) is 0 Å². The summed E-state index contributed by atoms with van der Waals surface area (Å²) in [6.45, 7) is 1.99. The molecule has 162 valence electrons. The third-order valence-electron chi connectivity index (χ3n) is 5.78. The second kappa shape index (κ2) is 7.83. The summed E-state index contributed by atoms with van der Waals surface area (Å²) in [6, 6.07) is 1.84. The van der Waals surface area contributed by atoms with E-state index in [9.17, 15) is 4.79 Å². The first-order chi connectivity index (χ1) is 15.7. The van der Waals surface area contributed by atoms with Crippen LogP contribution in [-0.4, -0.2) is 53.7 Å². The van der Waals surface area contributed by atoms with Crippen molar-refractivity contribution in [2.75, 3.05) is 23.3 Å². The summed E-state index contributed by atoms with van der Waals surface area (Å²) in [5, 5.41) is 13.0. The smallest absolute Gasteiger partial charge is 0.275 e. The van der Waals surface area contributed by atoms with Crippen LogP contribution in [0.5, 0.6) is 0 Å². The van der Waals surface area contributed by atoms with Gasteiger partial charge < -0.3 is 19.8 Å². The van der Waals surface area contributed by atoms with E-state index in [4.69, 9.17) is 0 Å². The first-order valence-electron chi connectivity index (χ1n) is 10.7. The number of rotatable bonds is 6. The van der Waals surface area contributed by atoms with E-state index in [1.807, 2.05) is 17.0 Å². The van der Waals surface area contributed by atoms with Crippen molar-refractivity contribution in [2.24, 2.45) is 0 Å². The number of amides is 1. The van der Waals surface area contributed by atoms with Gasteiger partial charge in [-0.3, -0.25) is 4.79 Å². The highest BCUT2D eigenvalue weighted by atomic mass is 32.1. The highest BCUT2D eigenvalue weighted by Crippen LogP contribution is 2.39. The Hall–Kier alpha value is -3.60. The van der Waals surface area contributed by atoms with Gasteiger partial charge in [0.15, 0.2) is 10.8 Å². The van der Waals surface area contributed by atoms with Crippen LogP contribution in [0.15, 0.2) is 36.5 Å². The zero-order valence-corrected chi connectivity index (χ0v) is 18.0. The maximum absolute atomic E-state index is 13.0. The summed E-state index contributed by atoms with van der Waals surface area (Å²) in [5.41, 5.74) is 3.40. The minimum Gasteiger partial charge on any atom is -0.369 e. The number of nitrogens with one attached hydrogen (secondary N) is 2. The molecule has 11 heteroatoms. The maximum atomic E-state index is 13.0. The van der Waals surface area contributed by atoms with E-state index in [2.05, 4.69) is 46.5 Å². The van der Waals surface area contributed by atoms with Crippen LogP contribution in [0.25, 0.3) is 16.5 Å². The number of thiazole rings is 1. The molecule has 0 unspecified atom stereocenters. The number of aromatic amines is 1. The molecule has 5 heterocycles. The molecular formula is C21H21N9OS. The summed E-state index contributed by atoms with van der Waals surface area (Å²) >= 11 is 1.38. The van der Waals surface area contributed by atoms with Crippen LogP contribution in [0, 0.1) is 0 Å². The zero-order valence-electron chi connectivity index (χ0n) is 17.2. The predicted octanol–water partition coefficient (Wildman–Crippen LogP) is 3.24. The van der Waals surface area contributed by atoms with Gasteiger partial charge in [-0.05, 0) is 31.7 Å². The topological polar surface area (TPSA) is 118 Å². The van der Waals surface area contributed by atoms with E-state index in [1.54, 1.807) is 11.6 Å². The van der Waals surface area contributed by atoms with E-state index >= 15 is 0 Å². The van der Waals surface area contributed by atoms with Crippen molar-refractivity contribution >= 4 is 28.7 Å². The molecule has 0 bridgehead atoms. The molecule has 2 fully saturated rings. The first kappa shape index (κ1) is 19.1. The maximum Gasteiger partial charge on any atom is 0.275 e. The molecule has 10 nitrogen and oxygen atoms in total.